The summed E-state index contributed by atoms with van der Waals surface area (Å²) in [6, 6.07) is 4.53. The lowest BCUT2D eigenvalue weighted by molar-refractivity contribution is 0.635. The molecule has 4 heteroatoms. The molecule has 1 aromatic rings. The van der Waals surface area contributed by atoms with E-state index in [4.69, 9.17) is 5.73 Å². The number of hydrogen-bond acceptors (Lipinski definition) is 3. The Balaban J connectivity index is 2.07. The van der Waals surface area contributed by atoms with Crippen molar-refractivity contribution in [3.63, 3.8) is 0 Å². The zero-order chi connectivity index (χ0) is 9.97. The molecule has 0 aliphatic heterocycles. The van der Waals surface area contributed by atoms with E-state index in [1.165, 1.54) is 6.42 Å². The number of anilines is 1. The largest absolute Gasteiger partial charge is 0.365 e. The van der Waals surface area contributed by atoms with Crippen LogP contribution in [0.15, 0.2) is 22.8 Å². The normalized spacial score (nSPS) is 26.4. The fourth-order valence-corrected chi connectivity index (χ4v) is 2.20. The highest BCUT2D eigenvalue weighted by Crippen LogP contribution is 2.24. The van der Waals surface area contributed by atoms with Crippen LogP contribution in [0.2, 0.25) is 0 Å². The van der Waals surface area contributed by atoms with Crippen LogP contribution in [0.3, 0.4) is 0 Å². The average molecular weight is 256 g/mol. The Morgan fingerprint density at radius 2 is 2.36 bits per heavy atom. The number of nitrogens with one attached hydrogen (secondary N) is 1. The van der Waals surface area contributed by atoms with Crippen molar-refractivity contribution < 1.29 is 0 Å². The van der Waals surface area contributed by atoms with E-state index < -0.39 is 0 Å². The van der Waals surface area contributed by atoms with E-state index in [1.807, 2.05) is 12.1 Å². The Bertz CT molecular complexity index is 316. The molecule has 0 bridgehead atoms. The number of rotatable bonds is 2. The quantitative estimate of drug-likeness (QED) is 0.852. The number of pyridine rings is 1. The molecule has 1 aromatic heterocycles. The Hall–Kier alpha value is -0.610. The first-order valence-corrected chi connectivity index (χ1v) is 5.69. The van der Waals surface area contributed by atoms with Gasteiger partial charge < -0.3 is 11.1 Å². The molecule has 1 fully saturated rings. The summed E-state index contributed by atoms with van der Waals surface area (Å²) in [5.41, 5.74) is 5.97. The summed E-state index contributed by atoms with van der Waals surface area (Å²) in [5.74, 6) is 0.898. The van der Waals surface area contributed by atoms with E-state index in [1.54, 1.807) is 6.20 Å². The number of nitrogens with two attached hydrogens (primary N) is 1. The van der Waals surface area contributed by atoms with Crippen LogP contribution >= 0.6 is 15.9 Å². The van der Waals surface area contributed by atoms with Crippen molar-refractivity contribution in [1.29, 1.82) is 0 Å². The minimum atomic E-state index is 0.268. The summed E-state index contributed by atoms with van der Waals surface area (Å²) in [6.45, 7) is 0. The van der Waals surface area contributed by atoms with E-state index in [0.717, 1.165) is 23.1 Å². The van der Waals surface area contributed by atoms with E-state index in [9.17, 15) is 0 Å². The van der Waals surface area contributed by atoms with Crippen molar-refractivity contribution in [1.82, 2.24) is 4.98 Å². The Labute approximate surface area is 92.2 Å². The highest BCUT2D eigenvalue weighted by molar-refractivity contribution is 9.10. The molecular weight excluding hydrogens is 242 g/mol. The van der Waals surface area contributed by atoms with Crippen LogP contribution in [0.1, 0.15) is 19.3 Å². The third-order valence-electron chi connectivity index (χ3n) is 2.65. The van der Waals surface area contributed by atoms with Gasteiger partial charge in [-0.15, -0.1) is 0 Å². The molecule has 2 atom stereocenters. The lowest BCUT2D eigenvalue weighted by Crippen LogP contribution is -2.35. The van der Waals surface area contributed by atoms with Gasteiger partial charge in [0.25, 0.3) is 0 Å². The first-order valence-electron chi connectivity index (χ1n) is 4.90. The van der Waals surface area contributed by atoms with Crippen molar-refractivity contribution in [2.45, 2.75) is 31.3 Å². The zero-order valence-corrected chi connectivity index (χ0v) is 9.50. The molecule has 0 amide bonds. The highest BCUT2D eigenvalue weighted by atomic mass is 79.9. The van der Waals surface area contributed by atoms with Gasteiger partial charge in [-0.25, -0.2) is 4.98 Å². The first-order chi connectivity index (χ1) is 6.77. The SMILES string of the molecule is NC1CCCC1Nc1ncccc1Br. The van der Waals surface area contributed by atoms with Gasteiger partial charge in [0.15, 0.2) is 0 Å². The maximum absolute atomic E-state index is 5.97. The predicted molar refractivity (Wildman–Crippen MR) is 61.2 cm³/mol. The molecule has 2 unspecified atom stereocenters. The molecule has 0 spiro atoms. The monoisotopic (exact) mass is 255 g/mol. The Kier molecular flexibility index (Phi) is 3.03. The van der Waals surface area contributed by atoms with Crippen molar-refractivity contribution in [2.24, 2.45) is 5.73 Å². The number of aromatic nitrogens is 1. The highest BCUT2D eigenvalue weighted by Gasteiger charge is 2.24. The van der Waals surface area contributed by atoms with E-state index in [-0.39, 0.29) is 6.04 Å². The second-order valence-electron chi connectivity index (χ2n) is 3.68. The second kappa shape index (κ2) is 4.28. The van der Waals surface area contributed by atoms with E-state index in [0.29, 0.717) is 6.04 Å². The molecule has 1 aliphatic carbocycles. The summed E-state index contributed by atoms with van der Waals surface area (Å²) in [5, 5.41) is 3.38. The van der Waals surface area contributed by atoms with E-state index in [2.05, 4.69) is 26.2 Å². The van der Waals surface area contributed by atoms with Crippen LogP contribution < -0.4 is 11.1 Å². The molecule has 1 saturated carbocycles. The summed E-state index contributed by atoms with van der Waals surface area (Å²) < 4.78 is 0.999. The molecule has 2 rings (SSSR count). The molecule has 3 nitrogen and oxygen atoms in total. The van der Waals surface area contributed by atoms with Gasteiger partial charge in [-0.1, -0.05) is 0 Å². The minimum Gasteiger partial charge on any atom is -0.365 e. The van der Waals surface area contributed by atoms with Crippen molar-refractivity contribution in [3.8, 4) is 0 Å². The Morgan fingerprint density at radius 1 is 1.50 bits per heavy atom. The number of hydrogen-bond donors (Lipinski definition) is 2. The summed E-state index contributed by atoms with van der Waals surface area (Å²) in [4.78, 5) is 4.26. The standard InChI is InChI=1S/C10H14BrN3/c11-7-3-2-6-13-10(7)14-9-5-1-4-8(9)12/h2-3,6,8-9H,1,4-5,12H2,(H,13,14). The molecule has 14 heavy (non-hydrogen) atoms. The van der Waals surface area contributed by atoms with Gasteiger partial charge in [-0.05, 0) is 47.3 Å². The predicted octanol–water partition coefficient (Wildman–Crippen LogP) is 2.14. The van der Waals surface area contributed by atoms with Crippen molar-refractivity contribution >= 4 is 21.7 Å². The molecule has 76 valence electrons. The molecular formula is C10H14BrN3. The average Bonchev–Trinajstić information content (AvgIpc) is 2.56. The molecule has 0 saturated heterocycles. The van der Waals surface area contributed by atoms with Crippen LogP contribution in [0.5, 0.6) is 0 Å². The van der Waals surface area contributed by atoms with Crippen molar-refractivity contribution in [3.05, 3.63) is 22.8 Å². The van der Waals surface area contributed by atoms with Gasteiger partial charge in [-0.3, -0.25) is 0 Å². The van der Waals surface area contributed by atoms with Gasteiger partial charge in [-0.2, -0.15) is 0 Å². The van der Waals surface area contributed by atoms with Crippen LogP contribution in [0.4, 0.5) is 5.82 Å². The van der Waals surface area contributed by atoms with Crippen molar-refractivity contribution in [2.75, 3.05) is 5.32 Å². The smallest absolute Gasteiger partial charge is 0.140 e. The zero-order valence-electron chi connectivity index (χ0n) is 7.91. The molecule has 0 aromatic carbocycles. The van der Waals surface area contributed by atoms with E-state index >= 15 is 0 Å². The van der Waals surface area contributed by atoms with Crippen LogP contribution in [-0.4, -0.2) is 17.1 Å². The molecule has 3 N–H and O–H groups in total. The fraction of sp³-hybridized carbons (Fsp3) is 0.500. The topological polar surface area (TPSA) is 50.9 Å². The number of nitrogens with zero attached hydrogens (tertiary/aromatic N) is 1. The lowest BCUT2D eigenvalue weighted by atomic mass is 10.2. The first kappa shape index (κ1) is 9.93. The maximum atomic E-state index is 5.97. The summed E-state index contributed by atoms with van der Waals surface area (Å²) in [6.07, 6.45) is 5.25. The number of halogens is 1. The molecule has 0 radical (unpaired) electrons. The van der Waals surface area contributed by atoms with Gasteiger partial charge >= 0.3 is 0 Å². The van der Waals surface area contributed by atoms with Gasteiger partial charge in [0.1, 0.15) is 5.82 Å². The summed E-state index contributed by atoms with van der Waals surface area (Å²) >= 11 is 3.46. The molecule has 1 aliphatic rings. The molecule has 1 heterocycles. The fourth-order valence-electron chi connectivity index (χ4n) is 1.84. The third-order valence-corrected chi connectivity index (χ3v) is 3.29. The van der Waals surface area contributed by atoms with Crippen LogP contribution in [0.25, 0.3) is 0 Å². The second-order valence-corrected chi connectivity index (χ2v) is 4.53. The summed E-state index contributed by atoms with van der Waals surface area (Å²) in [7, 11) is 0. The van der Waals surface area contributed by atoms with Crippen LogP contribution in [-0.2, 0) is 0 Å². The Morgan fingerprint density at radius 3 is 3.00 bits per heavy atom. The minimum absolute atomic E-state index is 0.268. The van der Waals surface area contributed by atoms with Gasteiger partial charge in [0.05, 0.1) is 4.47 Å². The van der Waals surface area contributed by atoms with Gasteiger partial charge in [0.2, 0.25) is 0 Å². The van der Waals surface area contributed by atoms with Gasteiger partial charge in [0, 0.05) is 18.3 Å². The van der Waals surface area contributed by atoms with Crippen LogP contribution in [0, 0.1) is 0 Å². The maximum Gasteiger partial charge on any atom is 0.140 e. The lowest BCUT2D eigenvalue weighted by Gasteiger charge is -2.18. The third kappa shape index (κ3) is 2.07.